The lowest BCUT2D eigenvalue weighted by Gasteiger charge is -2.11. The molecule has 0 amide bonds. The Labute approximate surface area is 117 Å². The Kier molecular flexibility index (Phi) is 6.88. The number of carbonyl (C=O) groups excluding carboxylic acids is 2. The van der Waals surface area contributed by atoms with E-state index in [0.717, 1.165) is 7.48 Å². The zero-order valence-electron chi connectivity index (χ0n) is 11.1. The summed E-state index contributed by atoms with van der Waals surface area (Å²) in [7, 11) is 2.41. The summed E-state index contributed by atoms with van der Waals surface area (Å²) in [6.07, 6.45) is 0.914. The van der Waals surface area contributed by atoms with Crippen LogP contribution in [0, 0.1) is 5.41 Å². The van der Waals surface area contributed by atoms with Gasteiger partial charge in [-0.3, -0.25) is 15.0 Å². The van der Waals surface area contributed by atoms with Crippen molar-refractivity contribution in [3.8, 4) is 5.75 Å². The molecule has 1 aromatic rings. The summed E-state index contributed by atoms with van der Waals surface area (Å²) in [6, 6.07) is 8.66. The first-order valence-corrected chi connectivity index (χ1v) is 5.98. The summed E-state index contributed by atoms with van der Waals surface area (Å²) in [6.45, 7) is 0. The maximum absolute atomic E-state index is 11.6. The summed E-state index contributed by atoms with van der Waals surface area (Å²) in [5.74, 6) is -1.25. The Bertz CT molecular complexity index is 451. The lowest BCUT2D eigenvalue weighted by atomic mass is 9.77. The molecule has 0 saturated carbocycles. The van der Waals surface area contributed by atoms with E-state index in [1.165, 1.54) is 7.11 Å². The highest BCUT2D eigenvalue weighted by atomic mass is 16.5. The van der Waals surface area contributed by atoms with E-state index in [4.69, 9.17) is 10.1 Å². The molecule has 0 spiro atoms. The molecule has 1 radical (unpaired) electrons. The van der Waals surface area contributed by atoms with Crippen LogP contribution < -0.4 is 4.74 Å². The van der Waals surface area contributed by atoms with Crippen molar-refractivity contribution in [2.24, 2.45) is 0 Å². The number of hydrogen-bond acceptors (Lipinski definition) is 6. The van der Waals surface area contributed by atoms with Crippen molar-refractivity contribution in [1.29, 1.82) is 5.41 Å². The first-order chi connectivity index (χ1) is 9.67. The molecular formula is C13H15BNO5. The number of esters is 2. The van der Waals surface area contributed by atoms with Gasteiger partial charge in [-0.1, -0.05) is 18.2 Å². The van der Waals surface area contributed by atoms with Gasteiger partial charge in [0.25, 0.3) is 0 Å². The van der Waals surface area contributed by atoms with Crippen LogP contribution in [0.25, 0.3) is 0 Å². The van der Waals surface area contributed by atoms with Crippen LogP contribution >= 0.6 is 0 Å². The lowest BCUT2D eigenvalue weighted by Crippen LogP contribution is -2.20. The van der Waals surface area contributed by atoms with Gasteiger partial charge in [0.05, 0.1) is 12.9 Å². The standard InChI is InChI=1S/C13H15BNO5/c1-18-13(17)11(14-19-9-15)7-8-12(16)20-10-5-3-2-4-6-10/h2-6,9,11,15H,7-8H2,1H3. The molecule has 7 heteroatoms. The molecule has 6 nitrogen and oxygen atoms in total. The number of para-hydroxylation sites is 1. The van der Waals surface area contributed by atoms with Crippen molar-refractivity contribution in [3.05, 3.63) is 30.3 Å². The van der Waals surface area contributed by atoms with E-state index in [1.54, 1.807) is 24.3 Å². The fourth-order valence-corrected chi connectivity index (χ4v) is 1.47. The first-order valence-electron chi connectivity index (χ1n) is 5.98. The second-order valence-corrected chi connectivity index (χ2v) is 3.85. The highest BCUT2D eigenvalue weighted by molar-refractivity contribution is 6.38. The molecule has 0 aliphatic heterocycles. The average molecular weight is 276 g/mol. The summed E-state index contributed by atoms with van der Waals surface area (Å²) in [5, 5.41) is 6.74. The summed E-state index contributed by atoms with van der Waals surface area (Å²) in [4.78, 5) is 23.1. The van der Waals surface area contributed by atoms with Gasteiger partial charge in [-0.25, -0.2) is 0 Å². The van der Waals surface area contributed by atoms with Crippen molar-refractivity contribution in [2.45, 2.75) is 18.7 Å². The molecule has 0 fully saturated rings. The topological polar surface area (TPSA) is 85.7 Å². The van der Waals surface area contributed by atoms with Gasteiger partial charge in [-0.05, 0) is 18.6 Å². The molecule has 0 aliphatic carbocycles. The van der Waals surface area contributed by atoms with Gasteiger partial charge < -0.3 is 14.1 Å². The van der Waals surface area contributed by atoms with Crippen LogP contribution in [0.4, 0.5) is 0 Å². The monoisotopic (exact) mass is 276 g/mol. The number of hydrogen-bond donors (Lipinski definition) is 1. The number of rotatable bonds is 8. The smallest absolute Gasteiger partial charge is 0.386 e. The quantitative estimate of drug-likeness (QED) is 0.256. The van der Waals surface area contributed by atoms with Crippen LogP contribution in [0.2, 0.25) is 5.82 Å². The third kappa shape index (κ3) is 5.56. The Morgan fingerprint density at radius 2 is 2.05 bits per heavy atom. The SMILES string of the molecule is COC(=O)C([B]OC=N)CCC(=O)Oc1ccccc1. The number of ether oxygens (including phenoxy) is 2. The minimum absolute atomic E-state index is 0.0342. The van der Waals surface area contributed by atoms with Crippen LogP contribution in [0.3, 0.4) is 0 Å². The Balaban J connectivity index is 2.43. The molecule has 105 valence electrons. The third-order valence-corrected chi connectivity index (χ3v) is 2.45. The molecular weight excluding hydrogens is 261 g/mol. The zero-order chi connectivity index (χ0) is 14.8. The molecule has 0 bridgehead atoms. The second kappa shape index (κ2) is 8.74. The molecule has 1 aromatic carbocycles. The molecule has 1 unspecified atom stereocenters. The van der Waals surface area contributed by atoms with Gasteiger partial charge >= 0.3 is 19.4 Å². The van der Waals surface area contributed by atoms with Crippen LogP contribution in [0.1, 0.15) is 12.8 Å². The van der Waals surface area contributed by atoms with Gasteiger partial charge in [0.1, 0.15) is 12.2 Å². The molecule has 1 N–H and O–H groups in total. The fraction of sp³-hybridized carbons (Fsp3) is 0.308. The summed E-state index contributed by atoms with van der Waals surface area (Å²) in [5.41, 5.74) is 0. The van der Waals surface area contributed by atoms with E-state index in [2.05, 4.69) is 9.39 Å². The minimum Gasteiger partial charge on any atom is -0.555 e. The van der Waals surface area contributed by atoms with Crippen LogP contribution in [-0.2, 0) is 19.0 Å². The van der Waals surface area contributed by atoms with Crippen LogP contribution in [0.5, 0.6) is 5.75 Å². The highest BCUT2D eigenvalue weighted by Crippen LogP contribution is 2.16. The average Bonchev–Trinajstić information content (AvgIpc) is 2.47. The molecule has 0 aromatic heterocycles. The highest BCUT2D eigenvalue weighted by Gasteiger charge is 2.24. The number of carbonyl (C=O) groups is 2. The predicted molar refractivity (Wildman–Crippen MR) is 72.7 cm³/mol. The van der Waals surface area contributed by atoms with Crippen molar-refractivity contribution >= 4 is 25.8 Å². The van der Waals surface area contributed by atoms with Crippen molar-refractivity contribution in [2.75, 3.05) is 7.11 Å². The molecule has 1 rings (SSSR count). The fourth-order valence-electron chi connectivity index (χ4n) is 1.47. The van der Waals surface area contributed by atoms with Crippen LogP contribution in [0.15, 0.2) is 30.3 Å². The van der Waals surface area contributed by atoms with Gasteiger partial charge in [0.15, 0.2) is 0 Å². The zero-order valence-corrected chi connectivity index (χ0v) is 11.1. The summed E-state index contributed by atoms with van der Waals surface area (Å²) >= 11 is 0. The largest absolute Gasteiger partial charge is 0.555 e. The molecule has 20 heavy (non-hydrogen) atoms. The van der Waals surface area contributed by atoms with Crippen molar-refractivity contribution in [1.82, 2.24) is 0 Å². The van der Waals surface area contributed by atoms with E-state index >= 15 is 0 Å². The number of nitrogens with one attached hydrogen (secondary N) is 1. The normalized spacial score (nSPS) is 11.1. The van der Waals surface area contributed by atoms with E-state index in [9.17, 15) is 9.59 Å². The molecule has 0 saturated heterocycles. The number of benzene rings is 1. The van der Waals surface area contributed by atoms with E-state index < -0.39 is 17.8 Å². The van der Waals surface area contributed by atoms with Crippen molar-refractivity contribution in [3.63, 3.8) is 0 Å². The van der Waals surface area contributed by atoms with E-state index in [1.807, 2.05) is 6.07 Å². The summed E-state index contributed by atoms with van der Waals surface area (Å²) < 4.78 is 14.3. The van der Waals surface area contributed by atoms with Gasteiger partial charge in [0, 0.05) is 6.42 Å². The van der Waals surface area contributed by atoms with Gasteiger partial charge in [-0.2, -0.15) is 0 Å². The number of methoxy groups -OCH3 is 1. The lowest BCUT2D eigenvalue weighted by molar-refractivity contribution is -0.141. The second-order valence-electron chi connectivity index (χ2n) is 3.85. The Hall–Kier alpha value is -2.31. The van der Waals surface area contributed by atoms with E-state index in [0.29, 0.717) is 12.2 Å². The minimum atomic E-state index is -0.718. The van der Waals surface area contributed by atoms with Crippen molar-refractivity contribution < 1.29 is 23.7 Å². The predicted octanol–water partition coefficient (Wildman–Crippen LogP) is 1.58. The van der Waals surface area contributed by atoms with E-state index in [-0.39, 0.29) is 12.8 Å². The van der Waals surface area contributed by atoms with Crippen LogP contribution in [-0.4, -0.2) is 32.9 Å². The van der Waals surface area contributed by atoms with Gasteiger partial charge in [0.2, 0.25) is 0 Å². The molecule has 0 heterocycles. The maximum Gasteiger partial charge on any atom is 0.386 e. The Morgan fingerprint density at radius 1 is 1.35 bits per heavy atom. The van der Waals surface area contributed by atoms with Gasteiger partial charge in [-0.15, -0.1) is 0 Å². The molecule has 0 aliphatic rings. The third-order valence-electron chi connectivity index (χ3n) is 2.45. The maximum atomic E-state index is 11.6. The first kappa shape index (κ1) is 15.8. The molecule has 1 atom stereocenters. The Morgan fingerprint density at radius 3 is 2.65 bits per heavy atom.